The van der Waals surface area contributed by atoms with Crippen molar-refractivity contribution in [3.63, 3.8) is 0 Å². The number of ether oxygens (including phenoxy) is 1. The van der Waals surface area contributed by atoms with Crippen molar-refractivity contribution in [1.29, 1.82) is 0 Å². The lowest BCUT2D eigenvalue weighted by Crippen LogP contribution is -2.25. The Morgan fingerprint density at radius 1 is 1.53 bits per heavy atom. The highest BCUT2D eigenvalue weighted by Gasteiger charge is 2.18. The van der Waals surface area contributed by atoms with Gasteiger partial charge in [-0.1, -0.05) is 11.8 Å². The third kappa shape index (κ3) is 3.96. The number of rotatable bonds is 3. The van der Waals surface area contributed by atoms with Crippen LogP contribution in [0.5, 0.6) is 0 Å². The average molecular weight is 257 g/mol. The predicted octanol–water partition coefficient (Wildman–Crippen LogP) is 1.74. The molecule has 0 aliphatic heterocycles. The van der Waals surface area contributed by atoms with Gasteiger partial charge in [0.1, 0.15) is 10.6 Å². The molecule has 0 fully saturated rings. The number of carbonyl (C=O) groups is 1. The van der Waals surface area contributed by atoms with Crippen molar-refractivity contribution >= 4 is 23.4 Å². The Hall–Kier alpha value is -1.17. The number of hydrogen-bond acceptors (Lipinski definition) is 5. The maximum Gasteiger partial charge on any atom is 0.316 e. The quantitative estimate of drug-likeness (QED) is 0.660. The van der Waals surface area contributed by atoms with E-state index in [0.29, 0.717) is 5.69 Å². The van der Waals surface area contributed by atoms with Gasteiger partial charge in [-0.2, -0.15) is 5.10 Å². The van der Waals surface area contributed by atoms with E-state index in [1.807, 2.05) is 27.7 Å². The zero-order valence-corrected chi connectivity index (χ0v) is 11.7. The molecule has 1 rings (SSSR count). The number of esters is 1. The molecule has 0 spiro atoms. The first-order valence-corrected chi connectivity index (χ1v) is 6.33. The number of aromatic nitrogens is 2. The molecule has 0 unspecified atom stereocenters. The molecule has 17 heavy (non-hydrogen) atoms. The van der Waals surface area contributed by atoms with E-state index < -0.39 is 5.60 Å². The molecule has 0 aliphatic rings. The Labute approximate surface area is 106 Å². The maximum absolute atomic E-state index is 11.5. The van der Waals surface area contributed by atoms with Crippen molar-refractivity contribution in [3.8, 4) is 0 Å². The second kappa shape index (κ2) is 5.00. The molecule has 0 radical (unpaired) electrons. The molecular weight excluding hydrogens is 238 g/mol. The van der Waals surface area contributed by atoms with Crippen LogP contribution in [0.1, 0.15) is 26.5 Å². The molecular formula is C11H19N3O2S. The van der Waals surface area contributed by atoms with Crippen LogP contribution in [0.15, 0.2) is 5.03 Å². The minimum Gasteiger partial charge on any atom is -0.459 e. The first kappa shape index (κ1) is 13.9. The van der Waals surface area contributed by atoms with E-state index in [4.69, 9.17) is 10.5 Å². The summed E-state index contributed by atoms with van der Waals surface area (Å²) in [5, 5.41) is 4.98. The van der Waals surface area contributed by atoms with Crippen LogP contribution in [0.2, 0.25) is 0 Å². The number of anilines is 1. The lowest BCUT2D eigenvalue weighted by molar-refractivity contribution is -0.151. The summed E-state index contributed by atoms with van der Waals surface area (Å²) in [7, 11) is 1.81. The van der Waals surface area contributed by atoms with Gasteiger partial charge < -0.3 is 10.5 Å². The topological polar surface area (TPSA) is 70.1 Å². The van der Waals surface area contributed by atoms with Crippen LogP contribution in [0.3, 0.4) is 0 Å². The highest BCUT2D eigenvalue weighted by molar-refractivity contribution is 8.00. The first-order chi connectivity index (χ1) is 7.70. The van der Waals surface area contributed by atoms with E-state index in [2.05, 4.69) is 5.10 Å². The molecule has 0 atom stereocenters. The van der Waals surface area contributed by atoms with Gasteiger partial charge in [0.2, 0.25) is 0 Å². The summed E-state index contributed by atoms with van der Waals surface area (Å²) in [6.07, 6.45) is 0. The Morgan fingerprint density at radius 3 is 2.53 bits per heavy atom. The van der Waals surface area contributed by atoms with Gasteiger partial charge in [-0.3, -0.25) is 9.48 Å². The van der Waals surface area contributed by atoms with Crippen molar-refractivity contribution in [2.45, 2.75) is 38.3 Å². The van der Waals surface area contributed by atoms with E-state index in [9.17, 15) is 4.79 Å². The van der Waals surface area contributed by atoms with Crippen LogP contribution in [0.4, 0.5) is 5.69 Å². The van der Waals surface area contributed by atoms with Gasteiger partial charge in [0.15, 0.2) is 0 Å². The van der Waals surface area contributed by atoms with E-state index in [1.165, 1.54) is 11.8 Å². The molecule has 0 amide bonds. The summed E-state index contributed by atoms with van der Waals surface area (Å²) in [6.45, 7) is 7.38. The van der Waals surface area contributed by atoms with Crippen molar-refractivity contribution < 1.29 is 9.53 Å². The third-order valence-corrected chi connectivity index (χ3v) is 3.10. The summed E-state index contributed by atoms with van der Waals surface area (Å²) < 4.78 is 6.90. The molecule has 0 bridgehead atoms. The van der Waals surface area contributed by atoms with Crippen LogP contribution in [-0.4, -0.2) is 27.1 Å². The lowest BCUT2D eigenvalue weighted by atomic mass is 10.2. The zero-order chi connectivity index (χ0) is 13.2. The maximum atomic E-state index is 11.5. The molecule has 1 aromatic heterocycles. The normalized spacial score (nSPS) is 11.6. The lowest BCUT2D eigenvalue weighted by Gasteiger charge is -2.19. The Bertz CT molecular complexity index is 421. The second-order valence-corrected chi connectivity index (χ2v) is 5.77. The number of aryl methyl sites for hydroxylation is 2. The van der Waals surface area contributed by atoms with Crippen LogP contribution >= 0.6 is 11.8 Å². The summed E-state index contributed by atoms with van der Waals surface area (Å²) in [5.74, 6) is -0.0128. The van der Waals surface area contributed by atoms with Crippen molar-refractivity contribution in [2.75, 3.05) is 11.5 Å². The average Bonchev–Trinajstić information content (AvgIpc) is 2.36. The van der Waals surface area contributed by atoms with Gasteiger partial charge in [0, 0.05) is 7.05 Å². The fourth-order valence-corrected chi connectivity index (χ4v) is 2.17. The molecule has 2 N–H and O–H groups in total. The number of nitrogens with two attached hydrogens (primary N) is 1. The van der Waals surface area contributed by atoms with Gasteiger partial charge in [-0.05, 0) is 27.7 Å². The van der Waals surface area contributed by atoms with Crippen LogP contribution in [-0.2, 0) is 16.6 Å². The number of hydrogen-bond donors (Lipinski definition) is 1. The standard InChI is InChI=1S/C11H19N3O2S/c1-7-9(12)10(14(5)13-7)17-6-8(15)16-11(2,3)4/h6,12H2,1-5H3. The highest BCUT2D eigenvalue weighted by Crippen LogP contribution is 2.27. The molecule has 96 valence electrons. The fraction of sp³-hybridized carbons (Fsp3) is 0.636. The third-order valence-electron chi connectivity index (χ3n) is 1.96. The van der Waals surface area contributed by atoms with E-state index in [-0.39, 0.29) is 11.7 Å². The number of thioether (sulfide) groups is 1. The number of nitrogens with zero attached hydrogens (tertiary/aromatic N) is 2. The van der Waals surface area contributed by atoms with E-state index in [0.717, 1.165) is 10.7 Å². The SMILES string of the molecule is Cc1nn(C)c(SCC(=O)OC(C)(C)C)c1N. The Kier molecular flexibility index (Phi) is 4.08. The van der Waals surface area contributed by atoms with Crippen molar-refractivity contribution in [1.82, 2.24) is 9.78 Å². The molecule has 0 saturated heterocycles. The molecule has 0 aromatic carbocycles. The number of carbonyl (C=O) groups excluding carboxylic acids is 1. The van der Waals surface area contributed by atoms with Gasteiger partial charge >= 0.3 is 5.97 Å². The summed E-state index contributed by atoms with van der Waals surface area (Å²) in [5.41, 5.74) is 6.81. The molecule has 1 heterocycles. The van der Waals surface area contributed by atoms with Crippen LogP contribution in [0.25, 0.3) is 0 Å². The van der Waals surface area contributed by atoms with Gasteiger partial charge in [-0.25, -0.2) is 0 Å². The molecule has 6 heteroatoms. The summed E-state index contributed by atoms with van der Waals surface area (Å²) >= 11 is 1.34. The van der Waals surface area contributed by atoms with Crippen molar-refractivity contribution in [3.05, 3.63) is 5.69 Å². The molecule has 1 aromatic rings. The van der Waals surface area contributed by atoms with Gasteiger partial charge in [-0.15, -0.1) is 0 Å². The minimum atomic E-state index is -0.453. The predicted molar refractivity (Wildman–Crippen MR) is 68.9 cm³/mol. The molecule has 0 saturated carbocycles. The van der Waals surface area contributed by atoms with E-state index >= 15 is 0 Å². The first-order valence-electron chi connectivity index (χ1n) is 5.34. The largest absolute Gasteiger partial charge is 0.459 e. The monoisotopic (exact) mass is 257 g/mol. The van der Waals surface area contributed by atoms with Crippen LogP contribution in [0, 0.1) is 6.92 Å². The van der Waals surface area contributed by atoms with Gasteiger partial charge in [0.05, 0.1) is 17.1 Å². The summed E-state index contributed by atoms with van der Waals surface area (Å²) in [6, 6.07) is 0. The van der Waals surface area contributed by atoms with Gasteiger partial charge in [0.25, 0.3) is 0 Å². The summed E-state index contributed by atoms with van der Waals surface area (Å²) in [4.78, 5) is 11.5. The fourth-order valence-electron chi connectivity index (χ4n) is 1.32. The van der Waals surface area contributed by atoms with Crippen molar-refractivity contribution in [2.24, 2.45) is 7.05 Å². The Morgan fingerprint density at radius 2 is 2.12 bits per heavy atom. The molecule has 0 aliphatic carbocycles. The van der Waals surface area contributed by atoms with Crippen LogP contribution < -0.4 is 5.73 Å². The highest BCUT2D eigenvalue weighted by atomic mass is 32.2. The number of nitrogen functional groups attached to an aromatic ring is 1. The van der Waals surface area contributed by atoms with E-state index in [1.54, 1.807) is 11.7 Å². The smallest absolute Gasteiger partial charge is 0.316 e. The zero-order valence-electron chi connectivity index (χ0n) is 10.9. The Balaban J connectivity index is 2.59. The minimum absolute atomic E-state index is 0.237. The molecule has 5 nitrogen and oxygen atoms in total. The second-order valence-electron chi connectivity index (χ2n) is 4.80.